The molecule has 2 N–H and O–H groups in total. The van der Waals surface area contributed by atoms with Gasteiger partial charge in [-0.3, -0.25) is 29.5 Å². The van der Waals surface area contributed by atoms with E-state index in [9.17, 15) is 32.7 Å². The lowest BCUT2D eigenvalue weighted by Crippen LogP contribution is -2.53. The average Bonchev–Trinajstić information content (AvgIpc) is 3.56. The number of hydrazine groups is 1. The highest BCUT2D eigenvalue weighted by Gasteiger charge is 2.70. The van der Waals surface area contributed by atoms with Gasteiger partial charge in [-0.25, -0.2) is 4.98 Å². The normalized spacial score (nSPS) is 27.8. The summed E-state index contributed by atoms with van der Waals surface area (Å²) >= 11 is 12.6. The third kappa shape index (κ3) is 5.73. The molecule has 5 aliphatic rings. The first kappa shape index (κ1) is 38.1. The Hall–Kier alpha value is -4.82. The first-order valence-electron chi connectivity index (χ1n) is 18.4. The molecule has 2 saturated heterocycles. The Labute approximate surface area is 329 Å². The van der Waals surface area contributed by atoms with Gasteiger partial charge in [-0.2, -0.15) is 18.2 Å². The number of hydrogen-bond donors (Lipinski definition) is 2. The monoisotopic (exact) mass is 812 g/mol. The van der Waals surface area contributed by atoms with Crippen molar-refractivity contribution in [1.29, 1.82) is 0 Å². The van der Waals surface area contributed by atoms with Crippen LogP contribution >= 0.6 is 23.2 Å². The van der Waals surface area contributed by atoms with E-state index in [0.717, 1.165) is 24.3 Å². The van der Waals surface area contributed by atoms with Crippen LogP contribution < -0.4 is 14.9 Å². The third-order valence-corrected chi connectivity index (χ3v) is 12.9. The van der Waals surface area contributed by atoms with E-state index < -0.39 is 63.6 Å². The van der Waals surface area contributed by atoms with Gasteiger partial charge in [0.2, 0.25) is 17.6 Å². The fourth-order valence-corrected chi connectivity index (χ4v) is 10.3. The summed E-state index contributed by atoms with van der Waals surface area (Å²) in [6.07, 6.45) is 2.14. The topological polar surface area (TPSA) is 138 Å². The van der Waals surface area contributed by atoms with Crippen molar-refractivity contribution in [2.24, 2.45) is 23.7 Å². The molecule has 0 spiro atoms. The smallest absolute Gasteiger partial charge is 0.417 e. The number of aromatic nitrogens is 1. The maximum absolute atomic E-state index is 15.4. The van der Waals surface area contributed by atoms with Gasteiger partial charge in [0.05, 0.1) is 48.0 Å². The van der Waals surface area contributed by atoms with Crippen molar-refractivity contribution in [1.82, 2.24) is 14.9 Å². The lowest BCUT2D eigenvalue weighted by Gasteiger charge is -2.50. The van der Waals surface area contributed by atoms with Crippen molar-refractivity contribution in [2.75, 3.05) is 19.6 Å². The van der Waals surface area contributed by atoms with E-state index in [1.165, 1.54) is 19.1 Å². The van der Waals surface area contributed by atoms with Gasteiger partial charge in [-0.1, -0.05) is 66.2 Å². The molecule has 11 nitrogen and oxygen atoms in total. The van der Waals surface area contributed by atoms with Gasteiger partial charge in [0, 0.05) is 23.2 Å². The number of alkyl halides is 3. The lowest BCUT2D eigenvalue weighted by atomic mass is 9.49. The highest BCUT2D eigenvalue weighted by atomic mass is 35.5. The average molecular weight is 814 g/mol. The Morgan fingerprint density at radius 3 is 2.18 bits per heavy atom. The number of allylic oxidation sites excluding steroid dienone is 2. The number of rotatable bonds is 7. The predicted octanol–water partition coefficient (Wildman–Crippen LogP) is 7.45. The number of nitrogens with one attached hydrogen (secondary N) is 1. The third-order valence-electron chi connectivity index (χ3n) is 12.4. The number of methoxy groups -OCH3 is 2. The molecule has 8 rings (SSSR count). The Bertz CT molecular complexity index is 2150. The van der Waals surface area contributed by atoms with Gasteiger partial charge < -0.3 is 14.6 Å². The summed E-state index contributed by atoms with van der Waals surface area (Å²) in [5.74, 6) is -7.07. The van der Waals surface area contributed by atoms with Gasteiger partial charge in [-0.15, -0.1) is 0 Å². The van der Waals surface area contributed by atoms with E-state index in [-0.39, 0.29) is 53.8 Å². The van der Waals surface area contributed by atoms with Crippen LogP contribution in [0.4, 0.5) is 19.0 Å². The number of carbonyl (C=O) groups is 4. The van der Waals surface area contributed by atoms with E-state index in [1.807, 2.05) is 6.08 Å². The molecule has 2 aromatic carbocycles. The Balaban J connectivity index is 1.33. The number of benzene rings is 2. The molecule has 4 fully saturated rings. The number of ether oxygens (including phenoxy) is 2. The summed E-state index contributed by atoms with van der Waals surface area (Å²) < 4.78 is 51.7. The molecular weight excluding hydrogens is 776 g/mol. The number of hydrogen-bond acceptors (Lipinski definition) is 9. The number of nitrogens with zero attached hydrogens (tertiary/aromatic N) is 3. The number of anilines is 1. The largest absolute Gasteiger partial charge is 0.502 e. The molecule has 6 unspecified atom stereocenters. The number of pyridine rings is 1. The van der Waals surface area contributed by atoms with Gasteiger partial charge in [0.15, 0.2) is 17.3 Å². The number of phenols is 1. The SMILES string of the molecule is COc1cc(C2C3=CCC4C(=O)N(C5CCCCC5)C(=O)C4C3CC3C(=O)N(Nc4ncc(C(F)(F)F)cc4Cl)C(=O)C32c2ccc(Cl)cc2)cc(OC)c1O. The van der Waals surface area contributed by atoms with Crippen molar-refractivity contribution in [3.05, 3.63) is 87.0 Å². The summed E-state index contributed by atoms with van der Waals surface area (Å²) in [7, 11) is 2.70. The Morgan fingerprint density at radius 2 is 1.57 bits per heavy atom. The zero-order chi connectivity index (χ0) is 39.8. The van der Waals surface area contributed by atoms with Crippen molar-refractivity contribution >= 4 is 52.6 Å². The molecule has 2 aliphatic heterocycles. The van der Waals surface area contributed by atoms with Crippen LogP contribution in [0, 0.1) is 23.7 Å². The first-order valence-corrected chi connectivity index (χ1v) is 19.1. The van der Waals surface area contributed by atoms with Crippen molar-refractivity contribution in [3.63, 3.8) is 0 Å². The predicted molar refractivity (Wildman–Crippen MR) is 197 cm³/mol. The minimum absolute atomic E-state index is 0.0154. The molecular formula is C40H37Cl2F3N4O7. The minimum Gasteiger partial charge on any atom is -0.502 e. The van der Waals surface area contributed by atoms with Crippen molar-refractivity contribution in [3.8, 4) is 17.2 Å². The summed E-state index contributed by atoms with van der Waals surface area (Å²) in [6, 6.07) is 9.95. The van der Waals surface area contributed by atoms with Gasteiger partial charge in [0.1, 0.15) is 0 Å². The van der Waals surface area contributed by atoms with Crippen LogP contribution in [-0.4, -0.2) is 63.9 Å². The molecule has 2 saturated carbocycles. The van der Waals surface area contributed by atoms with Crippen molar-refractivity contribution < 1.29 is 46.9 Å². The second-order valence-corrected chi connectivity index (χ2v) is 15.9. The maximum atomic E-state index is 15.4. The summed E-state index contributed by atoms with van der Waals surface area (Å²) in [6.45, 7) is 0. The summed E-state index contributed by atoms with van der Waals surface area (Å²) in [5.41, 5.74) is 1.16. The zero-order valence-corrected chi connectivity index (χ0v) is 31.8. The number of likely N-dealkylation sites (tertiary alicyclic amines) is 1. The zero-order valence-electron chi connectivity index (χ0n) is 30.2. The van der Waals surface area contributed by atoms with E-state index in [0.29, 0.717) is 46.8 Å². The molecule has 6 atom stereocenters. The van der Waals surface area contributed by atoms with Gasteiger partial charge in [-0.05, 0) is 73.1 Å². The van der Waals surface area contributed by atoms with Crippen LogP contribution in [0.2, 0.25) is 10.0 Å². The number of halogens is 5. The molecule has 294 valence electrons. The number of aromatic hydroxyl groups is 1. The minimum atomic E-state index is -4.75. The highest BCUT2D eigenvalue weighted by Crippen LogP contribution is 2.65. The van der Waals surface area contributed by atoms with E-state index in [4.69, 9.17) is 32.7 Å². The second kappa shape index (κ2) is 14.0. The van der Waals surface area contributed by atoms with E-state index >= 15 is 4.79 Å². The fourth-order valence-electron chi connectivity index (χ4n) is 9.96. The fraction of sp³-hybridized carbons (Fsp3) is 0.425. The van der Waals surface area contributed by atoms with Crippen LogP contribution in [0.5, 0.6) is 17.2 Å². The molecule has 0 radical (unpaired) electrons. The number of amides is 4. The lowest BCUT2D eigenvalue weighted by molar-refractivity contribution is -0.144. The quantitative estimate of drug-likeness (QED) is 0.184. The van der Waals surface area contributed by atoms with Crippen LogP contribution in [0.1, 0.15) is 67.6 Å². The van der Waals surface area contributed by atoms with E-state index in [2.05, 4.69) is 10.4 Å². The molecule has 56 heavy (non-hydrogen) atoms. The van der Waals surface area contributed by atoms with E-state index in [1.54, 1.807) is 36.4 Å². The molecule has 1 aromatic heterocycles. The Morgan fingerprint density at radius 1 is 0.911 bits per heavy atom. The van der Waals surface area contributed by atoms with Crippen LogP contribution in [-0.2, 0) is 30.8 Å². The summed E-state index contributed by atoms with van der Waals surface area (Å²) in [5, 5.41) is 11.6. The Kier molecular flexibility index (Phi) is 9.50. The molecule has 3 aliphatic carbocycles. The second-order valence-electron chi connectivity index (χ2n) is 15.0. The molecule has 3 heterocycles. The molecule has 4 amide bonds. The van der Waals surface area contributed by atoms with Crippen molar-refractivity contribution in [2.45, 2.75) is 68.5 Å². The van der Waals surface area contributed by atoms with Gasteiger partial charge in [0.25, 0.3) is 11.8 Å². The number of carbonyl (C=O) groups excluding carboxylic acids is 4. The first-order chi connectivity index (χ1) is 26.7. The van der Waals surface area contributed by atoms with Crippen LogP contribution in [0.15, 0.2) is 60.3 Å². The highest BCUT2D eigenvalue weighted by molar-refractivity contribution is 6.33. The molecule has 3 aromatic rings. The van der Waals surface area contributed by atoms with Crippen LogP contribution in [0.3, 0.4) is 0 Å². The standard InChI is InChI=1S/C40H37Cl2F3N4O7/c1-55-29-14-19(15-30(56-2)33(29)50)32-24-12-13-25-31(37(53)48(35(25)51)23-6-4-3-5-7-23)26(24)17-27-36(52)49(38(54)39(27,32)20-8-10-22(41)11-9-20)47-34-28(42)16-21(18-46-34)40(43,44)45/h8-12,14-16,18,23,25-27,31-32,50H,3-7,13,17H2,1-2H3,(H,46,47). The molecule has 16 heteroatoms. The van der Waals surface area contributed by atoms with Gasteiger partial charge >= 0.3 is 6.18 Å². The number of phenolic OH excluding ortho intramolecular Hbond substituents is 1. The molecule has 0 bridgehead atoms. The maximum Gasteiger partial charge on any atom is 0.417 e. The number of imide groups is 2. The summed E-state index contributed by atoms with van der Waals surface area (Å²) in [4.78, 5) is 64.3. The number of fused-ring (bicyclic) bond motifs is 4. The van der Waals surface area contributed by atoms with Crippen LogP contribution in [0.25, 0.3) is 0 Å².